The van der Waals surface area contributed by atoms with Crippen molar-refractivity contribution >= 4 is 23.2 Å². The molecule has 29 heavy (non-hydrogen) atoms. The number of carbonyl (C=O) groups is 2. The zero-order valence-electron chi connectivity index (χ0n) is 16.8. The first-order chi connectivity index (χ1) is 14.2. The Labute approximate surface area is 171 Å². The fraction of sp³-hybridized carbons (Fsp3) is 0.391. The summed E-state index contributed by atoms with van der Waals surface area (Å²) in [5.41, 5.74) is 1.82. The lowest BCUT2D eigenvalue weighted by atomic mass is 10.1. The molecule has 152 valence electrons. The zero-order chi connectivity index (χ0) is 20.2. The quantitative estimate of drug-likeness (QED) is 0.707. The number of piperazine rings is 1. The van der Waals surface area contributed by atoms with E-state index in [1.807, 2.05) is 30.3 Å². The van der Waals surface area contributed by atoms with Crippen LogP contribution in [0.3, 0.4) is 0 Å². The first-order valence-electron chi connectivity index (χ1n) is 10.3. The minimum absolute atomic E-state index is 0.120. The van der Waals surface area contributed by atoms with Crippen molar-refractivity contribution in [1.82, 2.24) is 4.90 Å². The average Bonchev–Trinajstić information content (AvgIpc) is 3.07. The zero-order valence-corrected chi connectivity index (χ0v) is 16.8. The van der Waals surface area contributed by atoms with Crippen LogP contribution >= 0.6 is 0 Å². The second-order valence-electron chi connectivity index (χ2n) is 7.49. The van der Waals surface area contributed by atoms with E-state index in [4.69, 9.17) is 4.74 Å². The Morgan fingerprint density at radius 1 is 0.897 bits per heavy atom. The number of nitrogens with zero attached hydrogens (tertiary/aromatic N) is 3. The van der Waals surface area contributed by atoms with E-state index < -0.39 is 0 Å². The van der Waals surface area contributed by atoms with E-state index in [0.29, 0.717) is 12.3 Å². The molecule has 0 spiro atoms. The van der Waals surface area contributed by atoms with Crippen LogP contribution < -0.4 is 14.5 Å². The molecule has 0 unspecified atom stereocenters. The Bertz CT molecular complexity index is 845. The number of benzene rings is 2. The van der Waals surface area contributed by atoms with Gasteiger partial charge in [0.2, 0.25) is 5.91 Å². The van der Waals surface area contributed by atoms with E-state index in [1.165, 1.54) is 10.6 Å². The van der Waals surface area contributed by atoms with Gasteiger partial charge in [0, 0.05) is 31.9 Å². The van der Waals surface area contributed by atoms with Gasteiger partial charge >= 0.3 is 0 Å². The maximum absolute atomic E-state index is 13.0. The molecule has 6 heteroatoms. The van der Waals surface area contributed by atoms with Crippen molar-refractivity contribution in [1.29, 1.82) is 0 Å². The van der Waals surface area contributed by atoms with Gasteiger partial charge in [0.15, 0.2) is 0 Å². The minimum atomic E-state index is -0.364. The number of anilines is 2. The van der Waals surface area contributed by atoms with Crippen LogP contribution in [0.2, 0.25) is 0 Å². The Kier molecular flexibility index (Phi) is 5.81. The van der Waals surface area contributed by atoms with Crippen LogP contribution in [0.25, 0.3) is 0 Å². The monoisotopic (exact) mass is 393 g/mol. The molecule has 0 radical (unpaired) electrons. The molecule has 1 atom stereocenters. The van der Waals surface area contributed by atoms with Crippen LogP contribution in [0, 0.1) is 0 Å². The molecule has 2 amide bonds. The Morgan fingerprint density at radius 3 is 2.24 bits per heavy atom. The van der Waals surface area contributed by atoms with Gasteiger partial charge in [-0.25, -0.2) is 4.90 Å². The van der Waals surface area contributed by atoms with Crippen LogP contribution in [0.1, 0.15) is 19.8 Å². The maximum Gasteiger partial charge on any atom is 0.251 e. The molecular weight excluding hydrogens is 366 g/mol. The van der Waals surface area contributed by atoms with Crippen LogP contribution in [0.5, 0.6) is 5.75 Å². The summed E-state index contributed by atoms with van der Waals surface area (Å²) < 4.78 is 5.59. The fourth-order valence-corrected chi connectivity index (χ4v) is 4.01. The molecule has 2 aliphatic heterocycles. The van der Waals surface area contributed by atoms with Crippen molar-refractivity contribution in [2.45, 2.75) is 25.8 Å². The van der Waals surface area contributed by atoms with Crippen molar-refractivity contribution < 1.29 is 14.3 Å². The third-order valence-corrected chi connectivity index (χ3v) is 5.57. The lowest BCUT2D eigenvalue weighted by Crippen LogP contribution is -2.52. The molecule has 0 bridgehead atoms. The van der Waals surface area contributed by atoms with Crippen LogP contribution in [-0.4, -0.2) is 55.5 Å². The fourth-order valence-electron chi connectivity index (χ4n) is 4.01. The van der Waals surface area contributed by atoms with E-state index in [0.717, 1.165) is 38.3 Å². The van der Waals surface area contributed by atoms with Crippen LogP contribution in [0.15, 0.2) is 54.6 Å². The highest BCUT2D eigenvalue weighted by atomic mass is 16.5. The summed E-state index contributed by atoms with van der Waals surface area (Å²) in [7, 11) is 0. The third kappa shape index (κ3) is 4.12. The number of imide groups is 1. The van der Waals surface area contributed by atoms with Gasteiger partial charge in [-0.2, -0.15) is 0 Å². The van der Waals surface area contributed by atoms with Gasteiger partial charge in [-0.3, -0.25) is 14.5 Å². The highest BCUT2D eigenvalue weighted by molar-refractivity contribution is 6.22. The van der Waals surface area contributed by atoms with Crippen molar-refractivity contribution in [2.24, 2.45) is 0 Å². The maximum atomic E-state index is 13.0. The summed E-state index contributed by atoms with van der Waals surface area (Å²) in [5.74, 6) is 0.501. The van der Waals surface area contributed by atoms with E-state index in [-0.39, 0.29) is 24.3 Å². The van der Waals surface area contributed by atoms with Gasteiger partial charge in [-0.1, -0.05) is 25.1 Å². The summed E-state index contributed by atoms with van der Waals surface area (Å²) in [5, 5.41) is 0. The highest BCUT2D eigenvalue weighted by Crippen LogP contribution is 2.28. The Hall–Kier alpha value is -2.86. The molecule has 2 saturated heterocycles. The van der Waals surface area contributed by atoms with Gasteiger partial charge in [-0.05, 0) is 42.8 Å². The van der Waals surface area contributed by atoms with Crippen LogP contribution in [0.4, 0.5) is 11.4 Å². The smallest absolute Gasteiger partial charge is 0.251 e. The molecule has 4 rings (SSSR count). The predicted octanol–water partition coefficient (Wildman–Crippen LogP) is 2.93. The second kappa shape index (κ2) is 8.66. The van der Waals surface area contributed by atoms with E-state index in [1.54, 1.807) is 12.1 Å². The third-order valence-electron chi connectivity index (χ3n) is 5.57. The highest BCUT2D eigenvalue weighted by Gasteiger charge is 2.43. The molecule has 6 nitrogen and oxygen atoms in total. The molecule has 0 N–H and O–H groups in total. The Morgan fingerprint density at radius 2 is 1.59 bits per heavy atom. The lowest BCUT2D eigenvalue weighted by molar-refractivity contribution is -0.123. The molecule has 2 aliphatic rings. The number of carbonyl (C=O) groups excluding carboxylic acids is 2. The van der Waals surface area contributed by atoms with Gasteiger partial charge < -0.3 is 9.64 Å². The van der Waals surface area contributed by atoms with E-state index in [2.05, 4.69) is 28.9 Å². The molecule has 0 aromatic heterocycles. The van der Waals surface area contributed by atoms with Gasteiger partial charge in [0.05, 0.1) is 24.8 Å². The van der Waals surface area contributed by atoms with Crippen molar-refractivity contribution in [3.05, 3.63) is 54.6 Å². The summed E-state index contributed by atoms with van der Waals surface area (Å²) >= 11 is 0. The number of rotatable bonds is 6. The average molecular weight is 393 g/mol. The van der Waals surface area contributed by atoms with Crippen molar-refractivity contribution in [3.8, 4) is 5.75 Å². The molecule has 2 fully saturated rings. The minimum Gasteiger partial charge on any atom is -0.494 e. The van der Waals surface area contributed by atoms with Crippen LogP contribution in [-0.2, 0) is 9.59 Å². The molecular formula is C23H27N3O3. The molecule has 2 heterocycles. The number of ether oxygens (including phenoxy) is 1. The van der Waals surface area contributed by atoms with Crippen molar-refractivity contribution in [3.63, 3.8) is 0 Å². The summed E-state index contributed by atoms with van der Waals surface area (Å²) in [6, 6.07) is 17.2. The summed E-state index contributed by atoms with van der Waals surface area (Å²) in [6.45, 7) is 5.96. The standard InChI is InChI=1S/C23H27N3O3/c1-2-16-29-20-10-8-19(9-11-20)26-22(27)17-21(23(26)28)25-14-12-24(13-15-25)18-6-4-3-5-7-18/h3-11,21H,2,12-17H2,1H3/t21-/m0/s1. The first kappa shape index (κ1) is 19.5. The Balaban J connectivity index is 1.39. The number of hydrogen-bond acceptors (Lipinski definition) is 5. The molecule has 2 aromatic rings. The summed E-state index contributed by atoms with van der Waals surface area (Å²) in [4.78, 5) is 31.5. The molecule has 0 saturated carbocycles. The van der Waals surface area contributed by atoms with Gasteiger partial charge in [0.1, 0.15) is 5.75 Å². The SMILES string of the molecule is CCCOc1ccc(N2C(=O)C[C@H](N3CCN(c4ccccc4)CC3)C2=O)cc1. The lowest BCUT2D eigenvalue weighted by Gasteiger charge is -2.38. The largest absolute Gasteiger partial charge is 0.494 e. The normalized spacial score (nSPS) is 20.4. The van der Waals surface area contributed by atoms with E-state index >= 15 is 0 Å². The van der Waals surface area contributed by atoms with Gasteiger partial charge in [0.25, 0.3) is 5.91 Å². The number of para-hydroxylation sites is 1. The predicted molar refractivity (Wildman–Crippen MR) is 113 cm³/mol. The number of amides is 2. The first-order valence-corrected chi connectivity index (χ1v) is 10.3. The second-order valence-corrected chi connectivity index (χ2v) is 7.49. The molecule has 2 aromatic carbocycles. The molecule has 0 aliphatic carbocycles. The topological polar surface area (TPSA) is 53.1 Å². The van der Waals surface area contributed by atoms with Gasteiger partial charge in [-0.15, -0.1) is 0 Å². The number of hydrogen-bond donors (Lipinski definition) is 0. The van der Waals surface area contributed by atoms with E-state index in [9.17, 15) is 9.59 Å². The van der Waals surface area contributed by atoms with Crippen molar-refractivity contribution in [2.75, 3.05) is 42.6 Å². The summed E-state index contributed by atoms with van der Waals surface area (Å²) in [6.07, 6.45) is 1.18.